The Bertz CT molecular complexity index is 3560. The van der Waals surface area contributed by atoms with Crippen LogP contribution < -0.4 is 0 Å². The summed E-state index contributed by atoms with van der Waals surface area (Å²) in [6.45, 7) is 0. The monoisotopic (exact) mass is 654 g/mol. The predicted octanol–water partition coefficient (Wildman–Crippen LogP) is 14.4. The van der Waals surface area contributed by atoms with E-state index in [0.29, 0.717) is 38.8 Å². The van der Waals surface area contributed by atoms with Gasteiger partial charge >= 0.3 is 0 Å². The summed E-state index contributed by atoms with van der Waals surface area (Å²) in [4.78, 5) is 0. The summed E-state index contributed by atoms with van der Waals surface area (Å²) >= 11 is 0. The van der Waals surface area contributed by atoms with Gasteiger partial charge in [0.15, 0.2) is 0 Å². The number of furan rings is 1. The molecule has 0 bridgehead atoms. The highest BCUT2D eigenvalue weighted by Crippen LogP contribution is 2.47. The van der Waals surface area contributed by atoms with Gasteiger partial charge in [-0.05, 0) is 105 Å². The molecule has 0 N–H and O–H groups in total. The summed E-state index contributed by atoms with van der Waals surface area (Å²) < 4.78 is 80.0. The van der Waals surface area contributed by atoms with Crippen LogP contribution in [0.15, 0.2) is 186 Å². The Morgan fingerprint density at radius 1 is 0.353 bits per heavy atom. The minimum atomic E-state index is -0.441. The summed E-state index contributed by atoms with van der Waals surface area (Å²) in [5, 5.41) is 8.53. The van der Waals surface area contributed by atoms with Crippen molar-refractivity contribution in [3.05, 3.63) is 182 Å². The highest BCUT2D eigenvalue weighted by molar-refractivity contribution is 6.26. The molecule has 0 radical (unpaired) electrons. The summed E-state index contributed by atoms with van der Waals surface area (Å²) in [5.41, 5.74) is 4.79. The van der Waals surface area contributed by atoms with E-state index in [1.54, 1.807) is 6.07 Å². The van der Waals surface area contributed by atoms with Crippen molar-refractivity contribution in [2.24, 2.45) is 0 Å². The number of fused-ring (bicyclic) bond motifs is 9. The first-order chi connectivity index (χ1) is 28.6. The third-order valence-corrected chi connectivity index (χ3v) is 10.3. The van der Waals surface area contributed by atoms with E-state index in [9.17, 15) is 5.48 Å². The third-order valence-electron chi connectivity index (χ3n) is 10.3. The fraction of sp³-hybridized carbons (Fsp3) is 0. The lowest BCUT2D eigenvalue weighted by Crippen LogP contribution is -1.91. The summed E-state index contributed by atoms with van der Waals surface area (Å²) in [5.74, 6) is 0. The molecule has 1 heterocycles. The number of hydrogen-bond acceptors (Lipinski definition) is 1. The highest BCUT2D eigenvalue weighted by atomic mass is 16.3. The first kappa shape index (κ1) is 21.4. The zero-order valence-corrected chi connectivity index (χ0v) is 27.1. The molecular formula is C50H30O. The van der Waals surface area contributed by atoms with Gasteiger partial charge in [0.2, 0.25) is 0 Å². The standard InChI is InChI=1S/C50H30O/c1-2-13-36-30-46-44(29-35(36)12-1)50-43(21-10-22-45(50)51-46)49-41-18-7-5-16-39(41)48(40-17-6-8-19-42(40)49)34-27-24-32(25-28-34)38-20-9-14-33-26-23-31-11-3-4-15-37(31)47(33)38/h1-30H/i5D,6D,7D,8D,16D,17D,18D,19D. The van der Waals surface area contributed by atoms with E-state index in [1.165, 1.54) is 0 Å². The van der Waals surface area contributed by atoms with E-state index >= 15 is 0 Å². The number of benzene rings is 10. The zero-order chi connectivity index (χ0) is 40.4. The molecule has 0 amide bonds. The van der Waals surface area contributed by atoms with Crippen molar-refractivity contribution in [1.82, 2.24) is 0 Å². The molecule has 10 aromatic carbocycles. The van der Waals surface area contributed by atoms with Gasteiger partial charge in [0.05, 0.1) is 11.0 Å². The number of rotatable bonds is 3. The van der Waals surface area contributed by atoms with Crippen LogP contribution >= 0.6 is 0 Å². The quantitative estimate of drug-likeness (QED) is 0.136. The molecule has 1 heteroatoms. The van der Waals surface area contributed by atoms with Gasteiger partial charge in [-0.3, -0.25) is 0 Å². The lowest BCUT2D eigenvalue weighted by atomic mass is 9.84. The van der Waals surface area contributed by atoms with Crippen molar-refractivity contribution in [3.63, 3.8) is 0 Å². The predicted molar refractivity (Wildman–Crippen MR) is 218 cm³/mol. The highest BCUT2D eigenvalue weighted by Gasteiger charge is 2.20. The molecule has 11 aromatic rings. The van der Waals surface area contributed by atoms with Gasteiger partial charge in [-0.2, -0.15) is 0 Å². The Balaban J connectivity index is 1.28. The molecule has 1 aromatic heterocycles. The van der Waals surface area contributed by atoms with Crippen LogP contribution in [0.4, 0.5) is 0 Å². The van der Waals surface area contributed by atoms with Crippen LogP contribution in [0.1, 0.15) is 11.0 Å². The normalized spacial score (nSPS) is 14.1. The van der Waals surface area contributed by atoms with Gasteiger partial charge < -0.3 is 4.42 Å². The molecule has 236 valence electrons. The van der Waals surface area contributed by atoms with Crippen molar-refractivity contribution in [1.29, 1.82) is 0 Å². The topological polar surface area (TPSA) is 13.1 Å². The Kier molecular flexibility index (Phi) is 4.57. The van der Waals surface area contributed by atoms with E-state index in [-0.39, 0.29) is 45.7 Å². The van der Waals surface area contributed by atoms with Crippen molar-refractivity contribution >= 4 is 75.8 Å². The number of hydrogen-bond donors (Lipinski definition) is 0. The summed E-state index contributed by atoms with van der Waals surface area (Å²) in [6, 6.07) is 40.8. The van der Waals surface area contributed by atoms with E-state index in [4.69, 9.17) is 9.90 Å². The van der Waals surface area contributed by atoms with Crippen molar-refractivity contribution in [3.8, 4) is 33.4 Å². The lowest BCUT2D eigenvalue weighted by molar-refractivity contribution is 0.669. The van der Waals surface area contributed by atoms with Gasteiger partial charge in [0.25, 0.3) is 0 Å². The SMILES string of the molecule is [2H]c1c([2H])c([2H])c2c(-c3cccc4oc5cc6ccccc6cc5c34)c3c([2H])c([2H])c([2H])c([2H])c3c(-c3ccc(-c4cccc5ccc6ccccc6c45)cc3)c2c1[2H]. The second kappa shape index (κ2) is 10.9. The average molecular weight is 655 g/mol. The minimum absolute atomic E-state index is 0.163. The van der Waals surface area contributed by atoms with Crippen LogP contribution in [0.5, 0.6) is 0 Å². The second-order valence-electron chi connectivity index (χ2n) is 13.0. The molecule has 0 atom stereocenters. The Hall–Kier alpha value is -6.70. The fourth-order valence-corrected chi connectivity index (χ4v) is 8.02. The Morgan fingerprint density at radius 2 is 0.922 bits per heavy atom. The molecule has 0 aliphatic rings. The molecule has 0 aliphatic heterocycles. The van der Waals surface area contributed by atoms with Crippen LogP contribution in [0, 0.1) is 0 Å². The molecule has 0 spiro atoms. The van der Waals surface area contributed by atoms with Gasteiger partial charge in [-0.25, -0.2) is 0 Å². The van der Waals surface area contributed by atoms with E-state index < -0.39 is 24.2 Å². The first-order valence-electron chi connectivity index (χ1n) is 20.9. The third kappa shape index (κ3) is 4.22. The Morgan fingerprint density at radius 3 is 1.67 bits per heavy atom. The zero-order valence-electron chi connectivity index (χ0n) is 35.1. The van der Waals surface area contributed by atoms with E-state index in [0.717, 1.165) is 48.8 Å². The molecular weight excluding hydrogens is 617 g/mol. The maximum atomic E-state index is 9.50. The van der Waals surface area contributed by atoms with Crippen molar-refractivity contribution < 1.29 is 15.4 Å². The summed E-state index contributed by atoms with van der Waals surface area (Å²) in [7, 11) is 0. The first-order valence-corrected chi connectivity index (χ1v) is 16.9. The van der Waals surface area contributed by atoms with Gasteiger partial charge in [0, 0.05) is 10.8 Å². The van der Waals surface area contributed by atoms with Gasteiger partial charge in [-0.15, -0.1) is 0 Å². The second-order valence-corrected chi connectivity index (χ2v) is 13.0. The molecule has 51 heavy (non-hydrogen) atoms. The molecule has 0 saturated heterocycles. The molecule has 1 nitrogen and oxygen atoms in total. The van der Waals surface area contributed by atoms with Crippen LogP contribution in [0.2, 0.25) is 0 Å². The van der Waals surface area contributed by atoms with E-state index in [2.05, 4.69) is 36.4 Å². The maximum Gasteiger partial charge on any atom is 0.136 e. The van der Waals surface area contributed by atoms with Crippen LogP contribution in [-0.2, 0) is 0 Å². The largest absolute Gasteiger partial charge is 0.456 e. The smallest absolute Gasteiger partial charge is 0.136 e. The molecule has 0 unspecified atom stereocenters. The van der Waals surface area contributed by atoms with Gasteiger partial charge in [0.1, 0.15) is 11.2 Å². The van der Waals surface area contributed by atoms with Crippen LogP contribution in [0.25, 0.3) is 109 Å². The molecule has 0 saturated carbocycles. The molecule has 11 rings (SSSR count). The van der Waals surface area contributed by atoms with Gasteiger partial charge in [-0.1, -0.05) is 164 Å². The maximum absolute atomic E-state index is 9.50. The lowest BCUT2D eigenvalue weighted by Gasteiger charge is -2.18. The molecule has 0 aliphatic carbocycles. The Labute approximate surface area is 305 Å². The van der Waals surface area contributed by atoms with Crippen LogP contribution in [0.3, 0.4) is 0 Å². The van der Waals surface area contributed by atoms with Crippen molar-refractivity contribution in [2.75, 3.05) is 0 Å². The average Bonchev–Trinajstić information content (AvgIpc) is 3.64. The minimum Gasteiger partial charge on any atom is -0.456 e. The molecule has 0 fully saturated rings. The fourth-order valence-electron chi connectivity index (χ4n) is 8.02. The van der Waals surface area contributed by atoms with Crippen molar-refractivity contribution in [2.45, 2.75) is 0 Å². The summed E-state index contributed by atoms with van der Waals surface area (Å²) in [6.07, 6.45) is 0. The van der Waals surface area contributed by atoms with E-state index in [1.807, 2.05) is 91.0 Å². The van der Waals surface area contributed by atoms with Crippen LogP contribution in [-0.4, -0.2) is 0 Å².